The van der Waals surface area contributed by atoms with Gasteiger partial charge < -0.3 is 0 Å². The van der Waals surface area contributed by atoms with Crippen LogP contribution in [0.15, 0.2) is 83.9 Å². The van der Waals surface area contributed by atoms with Gasteiger partial charge in [0, 0.05) is 11.1 Å². The van der Waals surface area contributed by atoms with Crippen molar-refractivity contribution >= 4 is 27.3 Å². The predicted molar refractivity (Wildman–Crippen MR) is 119 cm³/mol. The normalized spacial score (nSPS) is 14.1. The minimum Gasteiger partial charge on any atom is -0.287 e. The van der Waals surface area contributed by atoms with Crippen molar-refractivity contribution in [3.63, 3.8) is 0 Å². The summed E-state index contributed by atoms with van der Waals surface area (Å²) in [4.78, 5) is 26.7. The van der Waals surface area contributed by atoms with Gasteiger partial charge in [0.25, 0.3) is 10.0 Å². The standard InChI is InChI=1S/C24H23N3O4S/c1-17(2)12-13-26-14-15-27(16-26)22-21(25-32(30,31)18-8-4-3-5-9-18)23(28)19-10-6-7-11-20(19)24(22)29/h3-11,14-17H,12-13H2,1-2H3/p+1. The van der Waals surface area contributed by atoms with E-state index in [4.69, 9.17) is 0 Å². The molecule has 4 rings (SSSR count). The molecule has 3 aromatic rings. The smallest absolute Gasteiger partial charge is 0.262 e. The molecular weight excluding hydrogens is 426 g/mol. The summed E-state index contributed by atoms with van der Waals surface area (Å²) >= 11 is 0. The fourth-order valence-corrected chi connectivity index (χ4v) is 4.65. The highest BCUT2D eigenvalue weighted by Crippen LogP contribution is 2.28. The molecule has 0 saturated carbocycles. The number of sulfonamides is 1. The average Bonchev–Trinajstić information content (AvgIpc) is 3.25. The Labute approximate surface area is 187 Å². The number of ketones is 2. The first-order valence-corrected chi connectivity index (χ1v) is 11.8. The van der Waals surface area contributed by atoms with E-state index in [1.165, 1.54) is 22.8 Å². The molecule has 0 fully saturated rings. The third-order valence-corrected chi connectivity index (χ3v) is 6.67. The van der Waals surface area contributed by atoms with E-state index in [1.807, 2.05) is 4.57 Å². The quantitative estimate of drug-likeness (QED) is 0.561. The number of nitrogens with one attached hydrogen (secondary N) is 1. The molecule has 1 heterocycles. The van der Waals surface area contributed by atoms with Crippen LogP contribution in [0, 0.1) is 5.92 Å². The SMILES string of the molecule is CC(C)CC[n+]1ccn(C2=C(NS(=O)(=O)c3ccccc3)C(=O)c3ccccc3C2=O)c1. The van der Waals surface area contributed by atoms with Gasteiger partial charge in [0.05, 0.1) is 11.4 Å². The molecule has 1 aliphatic rings. The fourth-order valence-electron chi connectivity index (χ4n) is 3.56. The molecule has 0 radical (unpaired) electrons. The van der Waals surface area contributed by atoms with Crippen molar-refractivity contribution in [1.29, 1.82) is 0 Å². The molecule has 7 nitrogen and oxygen atoms in total. The number of Topliss-reactive ketones (excluding diaryl/α,β-unsaturated/α-hetero) is 2. The lowest BCUT2D eigenvalue weighted by Gasteiger charge is -2.19. The molecule has 0 saturated heterocycles. The Bertz CT molecular complexity index is 1320. The Morgan fingerprint density at radius 1 is 0.938 bits per heavy atom. The minimum absolute atomic E-state index is 0.00506. The Hall–Kier alpha value is -3.52. The average molecular weight is 451 g/mol. The third-order valence-electron chi connectivity index (χ3n) is 5.30. The van der Waals surface area contributed by atoms with Crippen LogP contribution in [-0.2, 0) is 16.6 Å². The van der Waals surface area contributed by atoms with Crippen molar-refractivity contribution in [1.82, 2.24) is 9.29 Å². The molecule has 0 amide bonds. The van der Waals surface area contributed by atoms with E-state index >= 15 is 0 Å². The van der Waals surface area contributed by atoms with Gasteiger partial charge in [-0.2, -0.15) is 4.57 Å². The van der Waals surface area contributed by atoms with E-state index in [9.17, 15) is 18.0 Å². The number of hydrogen-bond donors (Lipinski definition) is 1. The van der Waals surface area contributed by atoms with Crippen molar-refractivity contribution in [3.8, 4) is 0 Å². The van der Waals surface area contributed by atoms with Crippen LogP contribution in [0.5, 0.6) is 0 Å². The van der Waals surface area contributed by atoms with Crippen molar-refractivity contribution < 1.29 is 22.6 Å². The van der Waals surface area contributed by atoms with Crippen LogP contribution in [0.3, 0.4) is 0 Å². The van der Waals surface area contributed by atoms with Gasteiger partial charge in [0.15, 0.2) is 0 Å². The van der Waals surface area contributed by atoms with Gasteiger partial charge in [-0.15, -0.1) is 0 Å². The molecule has 1 aromatic heterocycles. The maximum absolute atomic E-state index is 13.4. The number of hydrogen-bond acceptors (Lipinski definition) is 4. The van der Waals surface area contributed by atoms with E-state index < -0.39 is 21.6 Å². The van der Waals surface area contributed by atoms with Crippen molar-refractivity contribution in [2.75, 3.05) is 0 Å². The highest BCUT2D eigenvalue weighted by molar-refractivity contribution is 7.89. The second-order valence-electron chi connectivity index (χ2n) is 8.09. The number of aromatic nitrogens is 2. The van der Waals surface area contributed by atoms with Gasteiger partial charge in [-0.25, -0.2) is 13.0 Å². The first-order valence-electron chi connectivity index (χ1n) is 10.4. The molecule has 164 valence electrons. The van der Waals surface area contributed by atoms with Crippen LogP contribution in [0.2, 0.25) is 0 Å². The van der Waals surface area contributed by atoms with Gasteiger partial charge in [0.2, 0.25) is 23.6 Å². The molecule has 2 aromatic carbocycles. The second kappa shape index (κ2) is 8.55. The Kier molecular flexibility index (Phi) is 5.80. The summed E-state index contributed by atoms with van der Waals surface area (Å²) in [6, 6.07) is 14.2. The molecule has 0 unspecified atom stereocenters. The molecule has 1 N–H and O–H groups in total. The van der Waals surface area contributed by atoms with E-state index in [2.05, 4.69) is 18.6 Å². The number of carbonyl (C=O) groups excluding carboxylic acids is 2. The summed E-state index contributed by atoms with van der Waals surface area (Å²) in [7, 11) is -4.08. The zero-order valence-electron chi connectivity index (χ0n) is 17.9. The van der Waals surface area contributed by atoms with Crippen LogP contribution in [0.4, 0.5) is 0 Å². The number of fused-ring (bicyclic) bond motifs is 1. The Morgan fingerprint density at radius 3 is 2.22 bits per heavy atom. The highest BCUT2D eigenvalue weighted by Gasteiger charge is 2.38. The zero-order valence-corrected chi connectivity index (χ0v) is 18.7. The summed E-state index contributed by atoms with van der Waals surface area (Å²) in [5.74, 6) is -0.460. The molecule has 8 heteroatoms. The largest absolute Gasteiger partial charge is 0.287 e. The van der Waals surface area contributed by atoms with Gasteiger partial charge >= 0.3 is 0 Å². The molecular formula is C24H24N3O4S+. The topological polar surface area (TPSA) is 89.1 Å². The maximum Gasteiger partial charge on any atom is 0.262 e. The number of carbonyl (C=O) groups is 2. The first kappa shape index (κ1) is 21.7. The molecule has 0 atom stereocenters. The summed E-state index contributed by atoms with van der Waals surface area (Å²) < 4.78 is 31.8. The summed E-state index contributed by atoms with van der Waals surface area (Å²) in [5, 5.41) is 0. The fraction of sp³-hybridized carbons (Fsp3) is 0.208. The monoisotopic (exact) mass is 450 g/mol. The molecule has 32 heavy (non-hydrogen) atoms. The third kappa shape index (κ3) is 4.13. The Balaban J connectivity index is 1.83. The number of allylic oxidation sites excluding steroid dienone is 2. The van der Waals surface area contributed by atoms with E-state index in [-0.39, 0.29) is 27.4 Å². The van der Waals surface area contributed by atoms with Crippen LogP contribution in [-0.4, -0.2) is 24.6 Å². The van der Waals surface area contributed by atoms with Crippen molar-refractivity contribution in [2.45, 2.75) is 31.7 Å². The van der Waals surface area contributed by atoms with Gasteiger partial charge in [0.1, 0.15) is 18.1 Å². The maximum atomic E-state index is 13.4. The first-order chi connectivity index (χ1) is 15.3. The number of benzene rings is 2. The number of imidazole rings is 1. The number of rotatable bonds is 7. The second-order valence-corrected chi connectivity index (χ2v) is 9.77. The van der Waals surface area contributed by atoms with E-state index in [0.717, 1.165) is 13.0 Å². The van der Waals surface area contributed by atoms with Crippen LogP contribution in [0.1, 0.15) is 41.0 Å². The predicted octanol–water partition coefficient (Wildman–Crippen LogP) is 3.05. The van der Waals surface area contributed by atoms with E-state index in [0.29, 0.717) is 5.92 Å². The van der Waals surface area contributed by atoms with E-state index in [1.54, 1.807) is 55.1 Å². The lowest BCUT2D eigenvalue weighted by atomic mass is 9.90. The Morgan fingerprint density at radius 2 is 1.56 bits per heavy atom. The molecule has 1 aliphatic carbocycles. The van der Waals surface area contributed by atoms with Crippen molar-refractivity contribution in [2.24, 2.45) is 5.92 Å². The van der Waals surface area contributed by atoms with Gasteiger partial charge in [-0.1, -0.05) is 56.3 Å². The lowest BCUT2D eigenvalue weighted by molar-refractivity contribution is -0.697. The van der Waals surface area contributed by atoms with Crippen molar-refractivity contribution in [3.05, 3.63) is 90.1 Å². The van der Waals surface area contributed by atoms with Gasteiger partial charge in [-0.05, 0) is 24.5 Å². The summed E-state index contributed by atoms with van der Waals surface area (Å²) in [6.07, 6.45) is 6.10. The van der Waals surface area contributed by atoms with Gasteiger partial charge in [-0.3, -0.25) is 14.3 Å². The molecule has 0 aliphatic heterocycles. The zero-order chi connectivity index (χ0) is 22.9. The van der Waals surface area contributed by atoms with Crippen LogP contribution >= 0.6 is 0 Å². The molecule has 0 spiro atoms. The highest BCUT2D eigenvalue weighted by atomic mass is 32.2. The minimum atomic E-state index is -4.08. The number of nitrogens with zero attached hydrogens (tertiary/aromatic N) is 2. The lowest BCUT2D eigenvalue weighted by Crippen LogP contribution is -2.36. The van der Waals surface area contributed by atoms with Crippen LogP contribution in [0.25, 0.3) is 5.70 Å². The van der Waals surface area contributed by atoms with Crippen LogP contribution < -0.4 is 9.29 Å². The summed E-state index contributed by atoms with van der Waals surface area (Å²) in [6.45, 7) is 4.98. The summed E-state index contributed by atoms with van der Waals surface area (Å²) in [5.41, 5.74) is 0.144. The molecule has 0 bridgehead atoms. The number of aryl methyl sites for hydroxylation is 1.